The highest BCUT2D eigenvalue weighted by Gasteiger charge is 2.36. The Balaban J connectivity index is 1.81. The van der Waals surface area contributed by atoms with Gasteiger partial charge in [-0.15, -0.1) is 0 Å². The van der Waals surface area contributed by atoms with Gasteiger partial charge in [0.15, 0.2) is 0 Å². The topological polar surface area (TPSA) is 41.6 Å². The van der Waals surface area contributed by atoms with Gasteiger partial charge in [-0.1, -0.05) is 12.1 Å². The molecule has 1 N–H and O–H groups in total. The van der Waals surface area contributed by atoms with Crippen LogP contribution in [0.25, 0.3) is 0 Å². The Labute approximate surface area is 127 Å². The first-order valence-electron chi connectivity index (χ1n) is 7.71. The van der Waals surface area contributed by atoms with Crippen molar-refractivity contribution in [2.45, 2.75) is 38.6 Å². The molecule has 2 rings (SSSR count). The highest BCUT2D eigenvalue weighted by molar-refractivity contribution is 5.85. The third-order valence-corrected chi connectivity index (χ3v) is 4.12. The minimum atomic E-state index is -0.406. The maximum Gasteiger partial charge on any atom is 0.242 e. The maximum absolute atomic E-state index is 12.5. The van der Waals surface area contributed by atoms with Crippen molar-refractivity contribution in [2.75, 3.05) is 26.7 Å². The van der Waals surface area contributed by atoms with Crippen LogP contribution in [0.15, 0.2) is 24.3 Å². The Morgan fingerprint density at radius 2 is 2.24 bits per heavy atom. The van der Waals surface area contributed by atoms with E-state index in [1.54, 1.807) is 4.90 Å². The molecule has 1 heterocycles. The summed E-state index contributed by atoms with van der Waals surface area (Å²) in [5.74, 6) is 1.02. The molecule has 1 amide bonds. The highest BCUT2D eigenvalue weighted by Crippen LogP contribution is 2.20. The average molecular weight is 290 g/mol. The van der Waals surface area contributed by atoms with Gasteiger partial charge in [0.25, 0.3) is 0 Å². The zero-order valence-corrected chi connectivity index (χ0v) is 13.3. The molecule has 0 aromatic heterocycles. The van der Waals surface area contributed by atoms with E-state index in [1.807, 2.05) is 45.2 Å². The predicted octanol–water partition coefficient (Wildman–Crippen LogP) is 2.36. The summed E-state index contributed by atoms with van der Waals surface area (Å²) in [6, 6.07) is 7.97. The van der Waals surface area contributed by atoms with Crippen molar-refractivity contribution in [1.82, 2.24) is 10.2 Å². The van der Waals surface area contributed by atoms with E-state index in [-0.39, 0.29) is 5.91 Å². The summed E-state index contributed by atoms with van der Waals surface area (Å²) in [5, 5.41) is 3.36. The average Bonchev–Trinajstić information content (AvgIpc) is 2.47. The van der Waals surface area contributed by atoms with E-state index in [0.29, 0.717) is 13.2 Å². The highest BCUT2D eigenvalue weighted by atomic mass is 16.5. The number of hydrogen-bond donors (Lipinski definition) is 1. The summed E-state index contributed by atoms with van der Waals surface area (Å²) >= 11 is 0. The first kappa shape index (κ1) is 15.8. The van der Waals surface area contributed by atoms with Crippen LogP contribution < -0.4 is 10.1 Å². The monoisotopic (exact) mass is 290 g/mol. The predicted molar refractivity (Wildman–Crippen MR) is 84.6 cm³/mol. The van der Waals surface area contributed by atoms with Crippen LogP contribution in [0, 0.1) is 6.92 Å². The second-order valence-corrected chi connectivity index (χ2v) is 6.11. The Morgan fingerprint density at radius 1 is 1.43 bits per heavy atom. The number of aryl methyl sites for hydroxylation is 1. The smallest absolute Gasteiger partial charge is 0.242 e. The lowest BCUT2D eigenvalue weighted by atomic mass is 9.89. The Bertz CT molecular complexity index is 481. The van der Waals surface area contributed by atoms with Crippen molar-refractivity contribution < 1.29 is 9.53 Å². The number of hydrogen-bond acceptors (Lipinski definition) is 3. The van der Waals surface area contributed by atoms with E-state index in [2.05, 4.69) is 5.32 Å². The number of nitrogens with zero attached hydrogens (tertiary/aromatic N) is 1. The van der Waals surface area contributed by atoms with Gasteiger partial charge in [0.1, 0.15) is 12.4 Å². The van der Waals surface area contributed by atoms with Crippen molar-refractivity contribution in [2.24, 2.45) is 0 Å². The van der Waals surface area contributed by atoms with Crippen LogP contribution in [0.1, 0.15) is 31.7 Å². The molecule has 1 fully saturated rings. The van der Waals surface area contributed by atoms with Crippen molar-refractivity contribution in [3.8, 4) is 5.75 Å². The van der Waals surface area contributed by atoms with Crippen molar-refractivity contribution in [3.05, 3.63) is 29.8 Å². The van der Waals surface area contributed by atoms with Gasteiger partial charge in [0.05, 0.1) is 12.1 Å². The molecule has 0 spiro atoms. The fourth-order valence-electron chi connectivity index (χ4n) is 2.77. The summed E-state index contributed by atoms with van der Waals surface area (Å²) in [7, 11) is 1.85. The zero-order chi connectivity index (χ0) is 15.3. The maximum atomic E-state index is 12.5. The Kier molecular flexibility index (Phi) is 5.23. The molecule has 0 aliphatic carbocycles. The summed E-state index contributed by atoms with van der Waals surface area (Å²) in [6.07, 6.45) is 3.18. The number of nitrogens with one attached hydrogen (secondary N) is 1. The van der Waals surface area contributed by atoms with Gasteiger partial charge in [-0.2, -0.15) is 0 Å². The largest absolute Gasteiger partial charge is 0.492 e. The number of benzene rings is 1. The first-order chi connectivity index (χ1) is 10.0. The SMILES string of the molecule is Cc1cccc(OCCN(C)C(=O)C2(C)CCCCN2)c1. The zero-order valence-electron chi connectivity index (χ0n) is 13.3. The second kappa shape index (κ2) is 6.94. The molecular formula is C17H26N2O2. The Hall–Kier alpha value is -1.55. The molecule has 1 aliphatic rings. The lowest BCUT2D eigenvalue weighted by Crippen LogP contribution is -2.57. The van der Waals surface area contributed by atoms with Gasteiger partial charge in [0.2, 0.25) is 5.91 Å². The number of carbonyl (C=O) groups is 1. The van der Waals surface area contributed by atoms with Crippen LogP contribution in [-0.4, -0.2) is 43.1 Å². The molecule has 0 saturated carbocycles. The first-order valence-corrected chi connectivity index (χ1v) is 7.71. The molecule has 116 valence electrons. The number of piperidine rings is 1. The molecule has 1 unspecified atom stereocenters. The van der Waals surface area contributed by atoms with Crippen LogP contribution in [0.3, 0.4) is 0 Å². The van der Waals surface area contributed by atoms with E-state index < -0.39 is 5.54 Å². The molecule has 0 radical (unpaired) electrons. The van der Waals surface area contributed by atoms with Crippen molar-refractivity contribution >= 4 is 5.91 Å². The van der Waals surface area contributed by atoms with E-state index in [0.717, 1.165) is 31.6 Å². The normalized spacial score (nSPS) is 21.9. The molecule has 1 aliphatic heterocycles. The lowest BCUT2D eigenvalue weighted by molar-refractivity contribution is -0.137. The van der Waals surface area contributed by atoms with E-state index in [4.69, 9.17) is 4.74 Å². The minimum Gasteiger partial charge on any atom is -0.492 e. The summed E-state index contributed by atoms with van der Waals surface area (Å²) in [4.78, 5) is 14.3. The molecule has 1 atom stereocenters. The van der Waals surface area contributed by atoms with Crippen LogP contribution in [0.4, 0.5) is 0 Å². The number of likely N-dealkylation sites (N-methyl/N-ethyl adjacent to an activating group) is 1. The quantitative estimate of drug-likeness (QED) is 0.905. The number of ether oxygens (including phenoxy) is 1. The van der Waals surface area contributed by atoms with E-state index in [9.17, 15) is 4.79 Å². The van der Waals surface area contributed by atoms with Crippen LogP contribution >= 0.6 is 0 Å². The van der Waals surface area contributed by atoms with Crippen molar-refractivity contribution in [3.63, 3.8) is 0 Å². The second-order valence-electron chi connectivity index (χ2n) is 6.11. The fraction of sp³-hybridized carbons (Fsp3) is 0.588. The van der Waals surface area contributed by atoms with Crippen LogP contribution in [0.5, 0.6) is 5.75 Å². The number of amides is 1. The molecule has 1 aromatic rings. The molecule has 4 nitrogen and oxygen atoms in total. The van der Waals surface area contributed by atoms with Gasteiger partial charge in [0, 0.05) is 7.05 Å². The van der Waals surface area contributed by atoms with Crippen LogP contribution in [0.2, 0.25) is 0 Å². The van der Waals surface area contributed by atoms with E-state index in [1.165, 1.54) is 5.56 Å². The third kappa shape index (κ3) is 4.21. The van der Waals surface area contributed by atoms with Crippen LogP contribution in [-0.2, 0) is 4.79 Å². The summed E-state index contributed by atoms with van der Waals surface area (Å²) in [5.41, 5.74) is 0.770. The molecule has 21 heavy (non-hydrogen) atoms. The standard InChI is InChI=1S/C17H26N2O2/c1-14-7-6-8-15(13-14)21-12-11-19(3)16(20)17(2)9-4-5-10-18-17/h6-8,13,18H,4-5,9-12H2,1-3H3. The summed E-state index contributed by atoms with van der Waals surface area (Å²) < 4.78 is 5.71. The van der Waals surface area contributed by atoms with E-state index >= 15 is 0 Å². The van der Waals surface area contributed by atoms with Gasteiger partial charge < -0.3 is 15.0 Å². The van der Waals surface area contributed by atoms with Gasteiger partial charge >= 0.3 is 0 Å². The number of carbonyl (C=O) groups excluding carboxylic acids is 1. The fourth-order valence-corrected chi connectivity index (χ4v) is 2.77. The van der Waals surface area contributed by atoms with Gasteiger partial charge in [-0.3, -0.25) is 4.79 Å². The molecule has 4 heteroatoms. The Morgan fingerprint density at radius 3 is 2.90 bits per heavy atom. The lowest BCUT2D eigenvalue weighted by Gasteiger charge is -2.36. The van der Waals surface area contributed by atoms with Gasteiger partial charge in [-0.05, 0) is 57.4 Å². The molecule has 1 aromatic carbocycles. The molecule has 1 saturated heterocycles. The summed E-state index contributed by atoms with van der Waals surface area (Å²) in [6.45, 7) is 6.09. The van der Waals surface area contributed by atoms with Gasteiger partial charge in [-0.25, -0.2) is 0 Å². The molecule has 0 bridgehead atoms. The minimum absolute atomic E-state index is 0.162. The van der Waals surface area contributed by atoms with Crippen molar-refractivity contribution in [1.29, 1.82) is 0 Å². The third-order valence-electron chi connectivity index (χ3n) is 4.12. The molecular weight excluding hydrogens is 264 g/mol. The number of rotatable bonds is 5.